The summed E-state index contributed by atoms with van der Waals surface area (Å²) in [5, 5.41) is 2.75. The number of halogens is 3. The largest absolute Gasteiger partial charge is 0.411 e. The van der Waals surface area contributed by atoms with E-state index in [4.69, 9.17) is 0 Å². The number of nitrogens with zero attached hydrogens (tertiary/aromatic N) is 1. The van der Waals surface area contributed by atoms with Crippen LogP contribution in [0.25, 0.3) is 0 Å². The summed E-state index contributed by atoms with van der Waals surface area (Å²) in [6.07, 6.45) is -2.21. The lowest BCUT2D eigenvalue weighted by Crippen LogP contribution is -2.38. The first kappa shape index (κ1) is 14.2. The van der Waals surface area contributed by atoms with Crippen molar-refractivity contribution >= 4 is 5.91 Å². The fourth-order valence-electron chi connectivity index (χ4n) is 1.32. The lowest BCUT2D eigenvalue weighted by molar-refractivity contribution is -0.173. The van der Waals surface area contributed by atoms with Gasteiger partial charge in [0.25, 0.3) is 0 Å². The minimum absolute atomic E-state index is 0.0386. The van der Waals surface area contributed by atoms with Crippen LogP contribution in [-0.2, 0) is 9.53 Å². The molecule has 0 aliphatic heterocycles. The number of hydrogen-bond donors (Lipinski definition) is 1. The molecule has 1 aliphatic carbocycles. The third-order valence-corrected chi connectivity index (χ3v) is 2.45. The van der Waals surface area contributed by atoms with Crippen LogP contribution in [0.15, 0.2) is 0 Å². The zero-order valence-electron chi connectivity index (χ0n) is 9.72. The summed E-state index contributed by atoms with van der Waals surface area (Å²) in [6.45, 7) is -0.923. The van der Waals surface area contributed by atoms with Gasteiger partial charge >= 0.3 is 6.18 Å². The van der Waals surface area contributed by atoms with Gasteiger partial charge in [0.1, 0.15) is 6.61 Å². The summed E-state index contributed by atoms with van der Waals surface area (Å²) < 4.78 is 39.5. The highest BCUT2D eigenvalue weighted by molar-refractivity contribution is 5.78. The van der Waals surface area contributed by atoms with Crippen LogP contribution in [0.4, 0.5) is 13.2 Å². The Kier molecular flexibility index (Phi) is 5.20. The molecule has 0 atom stereocenters. The highest BCUT2D eigenvalue weighted by atomic mass is 19.4. The number of ether oxygens (including phenoxy) is 1. The second-order valence-electron chi connectivity index (χ2n) is 4.08. The maximum Gasteiger partial charge on any atom is 0.411 e. The topological polar surface area (TPSA) is 41.6 Å². The van der Waals surface area contributed by atoms with Gasteiger partial charge in [-0.1, -0.05) is 0 Å². The van der Waals surface area contributed by atoms with Crippen LogP contribution in [0.1, 0.15) is 12.8 Å². The molecule has 1 fully saturated rings. The highest BCUT2D eigenvalue weighted by Crippen LogP contribution is 2.24. The Hall–Kier alpha value is -0.820. The average molecular weight is 254 g/mol. The lowest BCUT2D eigenvalue weighted by atomic mass is 10.4. The van der Waals surface area contributed by atoms with Gasteiger partial charge < -0.3 is 15.0 Å². The summed E-state index contributed by atoms with van der Waals surface area (Å²) in [7, 11) is 1.74. The first-order chi connectivity index (χ1) is 7.90. The van der Waals surface area contributed by atoms with Crippen molar-refractivity contribution in [2.45, 2.75) is 25.1 Å². The smallest absolute Gasteiger partial charge is 0.371 e. The van der Waals surface area contributed by atoms with E-state index in [0.29, 0.717) is 6.04 Å². The van der Waals surface area contributed by atoms with E-state index in [2.05, 4.69) is 10.1 Å². The van der Waals surface area contributed by atoms with Gasteiger partial charge in [-0.3, -0.25) is 4.79 Å². The summed E-state index contributed by atoms with van der Waals surface area (Å²) in [5.74, 6) is -0.0386. The quantitative estimate of drug-likeness (QED) is 0.682. The van der Waals surface area contributed by atoms with Crippen LogP contribution >= 0.6 is 0 Å². The van der Waals surface area contributed by atoms with E-state index in [1.165, 1.54) is 0 Å². The molecular weight excluding hydrogens is 237 g/mol. The van der Waals surface area contributed by atoms with Crippen molar-refractivity contribution in [3.05, 3.63) is 0 Å². The summed E-state index contributed by atoms with van der Waals surface area (Å²) >= 11 is 0. The zero-order valence-corrected chi connectivity index (χ0v) is 9.72. The van der Waals surface area contributed by atoms with E-state index in [-0.39, 0.29) is 25.6 Å². The molecule has 0 aromatic carbocycles. The molecule has 0 unspecified atom stereocenters. The van der Waals surface area contributed by atoms with Crippen LogP contribution < -0.4 is 5.32 Å². The van der Waals surface area contributed by atoms with E-state index in [9.17, 15) is 18.0 Å². The van der Waals surface area contributed by atoms with Gasteiger partial charge in [0.2, 0.25) is 5.91 Å². The lowest BCUT2D eigenvalue weighted by Gasteiger charge is -2.16. The Morgan fingerprint density at radius 3 is 2.65 bits per heavy atom. The van der Waals surface area contributed by atoms with Crippen LogP contribution in [-0.4, -0.2) is 56.4 Å². The number of alkyl halides is 3. The van der Waals surface area contributed by atoms with Crippen LogP contribution in [0.2, 0.25) is 0 Å². The third-order valence-electron chi connectivity index (χ3n) is 2.45. The van der Waals surface area contributed by atoms with Crippen molar-refractivity contribution in [3.8, 4) is 0 Å². The number of likely N-dealkylation sites (N-methyl/N-ethyl adjacent to an activating group) is 1. The Morgan fingerprint density at radius 1 is 1.47 bits per heavy atom. The highest BCUT2D eigenvalue weighted by Gasteiger charge is 2.29. The normalized spacial score (nSPS) is 16.0. The molecule has 1 saturated carbocycles. The van der Waals surface area contributed by atoms with Crippen molar-refractivity contribution in [3.63, 3.8) is 0 Å². The molecule has 4 nitrogen and oxygen atoms in total. The number of nitrogens with one attached hydrogen (secondary N) is 1. The van der Waals surface area contributed by atoms with E-state index in [1.807, 2.05) is 0 Å². The first-order valence-electron chi connectivity index (χ1n) is 5.51. The van der Waals surface area contributed by atoms with Crippen LogP contribution in [0.5, 0.6) is 0 Å². The van der Waals surface area contributed by atoms with Crippen LogP contribution in [0, 0.1) is 0 Å². The Labute approximate surface area is 98.1 Å². The number of carbonyl (C=O) groups is 1. The number of hydrogen-bond acceptors (Lipinski definition) is 3. The molecule has 0 heterocycles. The summed E-state index contributed by atoms with van der Waals surface area (Å²) in [5.41, 5.74) is 0. The minimum Gasteiger partial charge on any atom is -0.371 e. The van der Waals surface area contributed by atoms with Gasteiger partial charge in [0.15, 0.2) is 0 Å². The van der Waals surface area contributed by atoms with E-state index in [1.54, 1.807) is 11.9 Å². The second kappa shape index (κ2) is 6.20. The molecule has 1 rings (SSSR count). The van der Waals surface area contributed by atoms with Gasteiger partial charge in [-0.2, -0.15) is 13.2 Å². The zero-order chi connectivity index (χ0) is 12.9. The summed E-state index contributed by atoms with van der Waals surface area (Å²) in [4.78, 5) is 13.1. The second-order valence-corrected chi connectivity index (χ2v) is 4.08. The Morgan fingerprint density at radius 2 is 2.12 bits per heavy atom. The minimum atomic E-state index is -4.29. The predicted molar refractivity (Wildman–Crippen MR) is 55.5 cm³/mol. The molecule has 0 bridgehead atoms. The van der Waals surface area contributed by atoms with Gasteiger partial charge in [-0.25, -0.2) is 0 Å². The van der Waals surface area contributed by atoms with Crippen molar-refractivity contribution in [2.75, 3.05) is 33.4 Å². The average Bonchev–Trinajstić information content (AvgIpc) is 3.03. The fraction of sp³-hybridized carbons (Fsp3) is 0.900. The number of rotatable bonds is 7. The predicted octanol–water partition coefficient (Wildman–Crippen LogP) is 0.776. The molecule has 0 aromatic heterocycles. The maximum atomic E-state index is 11.7. The van der Waals surface area contributed by atoms with Crippen molar-refractivity contribution in [1.29, 1.82) is 0 Å². The molecule has 0 saturated heterocycles. The molecule has 1 N–H and O–H groups in total. The van der Waals surface area contributed by atoms with Crippen LogP contribution in [0.3, 0.4) is 0 Å². The molecule has 1 amide bonds. The standard InChI is InChI=1S/C10H17F3N2O2/c1-15(8-2-3-8)9(16)6-14-4-5-17-7-10(11,12)13/h8,14H,2-7H2,1H3. The SMILES string of the molecule is CN(C(=O)CNCCOCC(F)(F)F)C1CC1. The van der Waals surface area contributed by atoms with E-state index in [0.717, 1.165) is 12.8 Å². The monoisotopic (exact) mass is 254 g/mol. The van der Waals surface area contributed by atoms with Crippen molar-refractivity contribution in [1.82, 2.24) is 10.2 Å². The summed E-state index contributed by atoms with van der Waals surface area (Å²) in [6, 6.07) is 0.353. The van der Waals surface area contributed by atoms with Gasteiger partial charge in [-0.05, 0) is 12.8 Å². The first-order valence-corrected chi connectivity index (χ1v) is 5.51. The molecule has 7 heteroatoms. The molecule has 17 heavy (non-hydrogen) atoms. The number of amides is 1. The third kappa shape index (κ3) is 6.48. The fourth-order valence-corrected chi connectivity index (χ4v) is 1.32. The molecule has 0 aromatic rings. The number of carbonyl (C=O) groups excluding carboxylic acids is 1. The molecule has 100 valence electrons. The Balaban J connectivity index is 1.95. The Bertz CT molecular complexity index is 254. The molecule has 0 spiro atoms. The van der Waals surface area contributed by atoms with Gasteiger partial charge in [0, 0.05) is 19.6 Å². The maximum absolute atomic E-state index is 11.7. The molecule has 1 aliphatic rings. The van der Waals surface area contributed by atoms with Gasteiger partial charge in [-0.15, -0.1) is 0 Å². The molecule has 0 radical (unpaired) electrons. The van der Waals surface area contributed by atoms with E-state index >= 15 is 0 Å². The van der Waals surface area contributed by atoms with Crippen molar-refractivity contribution in [2.24, 2.45) is 0 Å². The molecular formula is C10H17F3N2O2. The van der Waals surface area contributed by atoms with E-state index < -0.39 is 12.8 Å². The van der Waals surface area contributed by atoms with Crippen molar-refractivity contribution < 1.29 is 22.7 Å². The van der Waals surface area contributed by atoms with Gasteiger partial charge in [0.05, 0.1) is 13.2 Å².